The lowest BCUT2D eigenvalue weighted by atomic mass is 10.0. The third kappa shape index (κ3) is 4.10. The van der Waals surface area contributed by atoms with Crippen molar-refractivity contribution < 1.29 is 8.42 Å². The molecule has 1 saturated heterocycles. The molecule has 0 unspecified atom stereocenters. The molecule has 1 fully saturated rings. The van der Waals surface area contributed by atoms with Gasteiger partial charge in [0.2, 0.25) is 0 Å². The summed E-state index contributed by atoms with van der Waals surface area (Å²) in [4.78, 5) is 0.293. The van der Waals surface area contributed by atoms with E-state index in [1.807, 2.05) is 47.8 Å². The molecule has 0 aliphatic carbocycles. The van der Waals surface area contributed by atoms with Crippen LogP contribution in [-0.2, 0) is 10.0 Å². The molecule has 2 aromatic carbocycles. The van der Waals surface area contributed by atoms with Crippen LogP contribution in [0, 0.1) is 0 Å². The molecule has 1 heterocycles. The van der Waals surface area contributed by atoms with E-state index in [1.54, 1.807) is 18.2 Å². The highest BCUT2D eigenvalue weighted by Crippen LogP contribution is 2.45. The van der Waals surface area contributed by atoms with E-state index < -0.39 is 10.0 Å². The first kappa shape index (κ1) is 17.7. The van der Waals surface area contributed by atoms with Crippen LogP contribution in [0.4, 0.5) is 5.69 Å². The van der Waals surface area contributed by atoms with Gasteiger partial charge in [-0.05, 0) is 41.3 Å². The van der Waals surface area contributed by atoms with Crippen molar-refractivity contribution in [2.24, 2.45) is 0 Å². The Hall–Kier alpha value is -1.11. The van der Waals surface area contributed by atoms with Crippen molar-refractivity contribution in [1.29, 1.82) is 0 Å². The molecule has 1 N–H and O–H groups in total. The molecular formula is C18H21NO2S3. The molecule has 0 spiro atoms. The summed E-state index contributed by atoms with van der Waals surface area (Å²) in [7, 11) is -3.56. The van der Waals surface area contributed by atoms with E-state index in [0.29, 0.717) is 21.1 Å². The zero-order valence-corrected chi connectivity index (χ0v) is 16.2. The molecule has 0 atom stereocenters. The van der Waals surface area contributed by atoms with E-state index in [4.69, 9.17) is 0 Å². The van der Waals surface area contributed by atoms with E-state index in [1.165, 1.54) is 0 Å². The smallest absolute Gasteiger partial charge is 0.261 e. The van der Waals surface area contributed by atoms with Crippen LogP contribution in [0.15, 0.2) is 53.4 Å². The van der Waals surface area contributed by atoms with Gasteiger partial charge < -0.3 is 0 Å². The van der Waals surface area contributed by atoms with Gasteiger partial charge in [-0.2, -0.15) is 0 Å². The van der Waals surface area contributed by atoms with Gasteiger partial charge in [0.15, 0.2) is 0 Å². The predicted molar refractivity (Wildman–Crippen MR) is 105 cm³/mol. The monoisotopic (exact) mass is 379 g/mol. The number of rotatable bonds is 5. The summed E-state index contributed by atoms with van der Waals surface area (Å²) in [5, 5.41) is 0. The Morgan fingerprint density at radius 3 is 2.33 bits per heavy atom. The third-order valence-electron chi connectivity index (χ3n) is 3.89. The number of anilines is 1. The fourth-order valence-electron chi connectivity index (χ4n) is 2.55. The van der Waals surface area contributed by atoms with E-state index >= 15 is 0 Å². The second-order valence-corrected chi connectivity index (χ2v) is 10.4. The van der Waals surface area contributed by atoms with Crippen molar-refractivity contribution in [3.05, 3.63) is 59.7 Å². The van der Waals surface area contributed by atoms with Gasteiger partial charge in [-0.3, -0.25) is 4.72 Å². The molecule has 2 aromatic rings. The van der Waals surface area contributed by atoms with Gasteiger partial charge in [0.05, 0.1) is 9.48 Å². The molecule has 24 heavy (non-hydrogen) atoms. The Labute approximate surface area is 152 Å². The minimum Gasteiger partial charge on any atom is -0.280 e. The SMILES string of the molecule is CC(C)c1ccc(S(=O)(=O)Nc2cccc(C3SCCS3)c2)cc1. The zero-order chi connectivity index (χ0) is 17.2. The minimum atomic E-state index is -3.56. The average Bonchev–Trinajstić information content (AvgIpc) is 3.09. The maximum atomic E-state index is 12.6. The van der Waals surface area contributed by atoms with Crippen molar-refractivity contribution in [2.45, 2.75) is 29.2 Å². The van der Waals surface area contributed by atoms with Crippen molar-refractivity contribution in [2.75, 3.05) is 16.2 Å². The first-order valence-corrected chi connectivity index (χ1v) is 11.5. The second-order valence-electron chi connectivity index (χ2n) is 6.03. The molecule has 0 radical (unpaired) electrons. The van der Waals surface area contributed by atoms with Gasteiger partial charge in [-0.1, -0.05) is 38.1 Å². The van der Waals surface area contributed by atoms with Crippen LogP contribution in [0.25, 0.3) is 0 Å². The van der Waals surface area contributed by atoms with E-state index in [2.05, 4.69) is 24.6 Å². The number of sulfonamides is 1. The zero-order valence-electron chi connectivity index (χ0n) is 13.7. The second kappa shape index (κ2) is 7.42. The summed E-state index contributed by atoms with van der Waals surface area (Å²) in [5.41, 5.74) is 2.91. The number of hydrogen-bond donors (Lipinski definition) is 1. The van der Waals surface area contributed by atoms with Crippen LogP contribution in [0.5, 0.6) is 0 Å². The van der Waals surface area contributed by atoms with E-state index in [-0.39, 0.29) is 0 Å². The Kier molecular flexibility index (Phi) is 5.47. The van der Waals surface area contributed by atoms with Crippen LogP contribution in [0.3, 0.4) is 0 Å². The lowest BCUT2D eigenvalue weighted by Crippen LogP contribution is -2.13. The maximum absolute atomic E-state index is 12.6. The Bertz CT molecular complexity index is 795. The maximum Gasteiger partial charge on any atom is 0.261 e. The Morgan fingerprint density at radius 1 is 1.04 bits per heavy atom. The normalized spacial score (nSPS) is 15.8. The Balaban J connectivity index is 1.80. The lowest BCUT2D eigenvalue weighted by Gasteiger charge is -2.13. The van der Waals surface area contributed by atoms with Gasteiger partial charge in [-0.25, -0.2) is 8.42 Å². The summed E-state index contributed by atoms with van der Waals surface area (Å²) in [6, 6.07) is 14.8. The molecule has 0 aromatic heterocycles. The Morgan fingerprint density at radius 2 is 1.71 bits per heavy atom. The highest BCUT2D eigenvalue weighted by molar-refractivity contribution is 8.19. The molecule has 0 amide bonds. The summed E-state index contributed by atoms with van der Waals surface area (Å²) < 4.78 is 28.3. The lowest BCUT2D eigenvalue weighted by molar-refractivity contribution is 0.601. The van der Waals surface area contributed by atoms with Gasteiger partial charge in [0.25, 0.3) is 10.0 Å². The molecule has 3 nitrogen and oxygen atoms in total. The summed E-state index contributed by atoms with van der Waals surface area (Å²) in [5.74, 6) is 2.67. The summed E-state index contributed by atoms with van der Waals surface area (Å²) >= 11 is 3.82. The van der Waals surface area contributed by atoms with Crippen molar-refractivity contribution >= 4 is 39.2 Å². The average molecular weight is 380 g/mol. The van der Waals surface area contributed by atoms with Crippen molar-refractivity contribution in [3.63, 3.8) is 0 Å². The highest BCUT2D eigenvalue weighted by Gasteiger charge is 2.20. The summed E-state index contributed by atoms with van der Waals surface area (Å²) in [6.45, 7) is 4.18. The van der Waals surface area contributed by atoms with E-state index in [0.717, 1.165) is 22.6 Å². The quantitative estimate of drug-likeness (QED) is 0.786. The molecular weight excluding hydrogens is 358 g/mol. The fraction of sp³-hybridized carbons (Fsp3) is 0.333. The first-order valence-electron chi connectivity index (χ1n) is 7.92. The van der Waals surface area contributed by atoms with E-state index in [9.17, 15) is 8.42 Å². The van der Waals surface area contributed by atoms with Crippen LogP contribution in [0.1, 0.15) is 35.5 Å². The molecule has 3 rings (SSSR count). The number of thioether (sulfide) groups is 2. The predicted octanol–water partition coefficient (Wildman–Crippen LogP) is 5.09. The van der Waals surface area contributed by atoms with Gasteiger partial charge in [-0.15, -0.1) is 23.5 Å². The standard InChI is InChI=1S/C18H21NO2S3/c1-13(2)14-6-8-17(9-7-14)24(20,21)19-16-5-3-4-15(12-16)18-22-10-11-23-18/h3-9,12-13,18-19H,10-11H2,1-2H3. The molecule has 0 bridgehead atoms. The fourth-order valence-corrected chi connectivity index (χ4v) is 6.43. The highest BCUT2D eigenvalue weighted by atomic mass is 32.2. The molecule has 1 aliphatic rings. The van der Waals surface area contributed by atoms with Gasteiger partial charge >= 0.3 is 0 Å². The third-order valence-corrected chi connectivity index (χ3v) is 8.39. The molecule has 1 aliphatic heterocycles. The molecule has 6 heteroatoms. The number of benzene rings is 2. The van der Waals surface area contributed by atoms with Crippen LogP contribution in [0.2, 0.25) is 0 Å². The van der Waals surface area contributed by atoms with Gasteiger partial charge in [0, 0.05) is 17.2 Å². The van der Waals surface area contributed by atoms with Crippen LogP contribution >= 0.6 is 23.5 Å². The topological polar surface area (TPSA) is 46.2 Å². The minimum absolute atomic E-state index is 0.293. The number of nitrogens with one attached hydrogen (secondary N) is 1. The van der Waals surface area contributed by atoms with Crippen LogP contribution in [-0.4, -0.2) is 19.9 Å². The van der Waals surface area contributed by atoms with Gasteiger partial charge in [0.1, 0.15) is 0 Å². The molecule has 0 saturated carbocycles. The van der Waals surface area contributed by atoms with Crippen molar-refractivity contribution in [1.82, 2.24) is 0 Å². The first-order chi connectivity index (χ1) is 11.5. The number of hydrogen-bond acceptors (Lipinski definition) is 4. The van der Waals surface area contributed by atoms with Crippen molar-refractivity contribution in [3.8, 4) is 0 Å². The largest absolute Gasteiger partial charge is 0.280 e. The summed E-state index contributed by atoms with van der Waals surface area (Å²) in [6.07, 6.45) is 0. The van der Waals surface area contributed by atoms with Crippen LogP contribution < -0.4 is 4.72 Å². The molecule has 128 valence electrons.